The van der Waals surface area contributed by atoms with Crippen LogP contribution >= 0.6 is 11.3 Å². The van der Waals surface area contributed by atoms with Crippen LogP contribution in [0.5, 0.6) is 11.6 Å². The average Bonchev–Trinajstić information content (AvgIpc) is 3.19. The Morgan fingerprint density at radius 2 is 1.83 bits per heavy atom. The Balaban J connectivity index is 1.40. The van der Waals surface area contributed by atoms with Crippen molar-refractivity contribution in [3.05, 3.63) is 59.5 Å². The van der Waals surface area contributed by atoms with Gasteiger partial charge in [-0.1, -0.05) is 6.07 Å². The minimum Gasteiger partial charge on any atom is -0.439 e. The first-order chi connectivity index (χ1) is 14.4. The lowest BCUT2D eigenvalue weighted by Crippen LogP contribution is -2.09. The molecule has 0 spiro atoms. The standard InChI is InChI=1S/C18H12F4N6OS/c19-12-5-11(29-14-6-13(18(20,21)22)24-7-25-14)2-1-10(12)3-4-23-16-15-17(27-8-26-16)30-9-28-15/h1-2,5-9H,3-4H2,(H,23,26,27). The van der Waals surface area contributed by atoms with Crippen molar-refractivity contribution < 1.29 is 22.3 Å². The number of ether oxygens (including phenoxy) is 1. The Morgan fingerprint density at radius 3 is 2.63 bits per heavy atom. The van der Waals surface area contributed by atoms with Crippen molar-refractivity contribution in [1.82, 2.24) is 24.9 Å². The number of fused-ring (bicyclic) bond motifs is 1. The Labute approximate surface area is 170 Å². The summed E-state index contributed by atoms with van der Waals surface area (Å²) in [6, 6.07) is 4.69. The van der Waals surface area contributed by atoms with Gasteiger partial charge in [-0.2, -0.15) is 13.2 Å². The Kier molecular flexibility index (Phi) is 5.40. The first-order valence-electron chi connectivity index (χ1n) is 8.54. The first-order valence-corrected chi connectivity index (χ1v) is 9.42. The van der Waals surface area contributed by atoms with E-state index in [1.807, 2.05) is 0 Å². The van der Waals surface area contributed by atoms with E-state index in [1.54, 1.807) is 5.51 Å². The van der Waals surface area contributed by atoms with Crippen LogP contribution in [0.1, 0.15) is 11.3 Å². The molecule has 0 aliphatic carbocycles. The molecule has 12 heteroatoms. The number of halogens is 4. The lowest BCUT2D eigenvalue weighted by Gasteiger charge is -2.10. The zero-order valence-electron chi connectivity index (χ0n) is 15.0. The summed E-state index contributed by atoms with van der Waals surface area (Å²) in [5.74, 6) is -0.301. The molecule has 0 bridgehead atoms. The highest BCUT2D eigenvalue weighted by Crippen LogP contribution is 2.30. The molecule has 4 rings (SSSR count). The van der Waals surface area contributed by atoms with Crippen LogP contribution in [0, 0.1) is 5.82 Å². The number of benzene rings is 1. The predicted molar refractivity (Wildman–Crippen MR) is 101 cm³/mol. The third kappa shape index (κ3) is 4.43. The summed E-state index contributed by atoms with van der Waals surface area (Å²) < 4.78 is 57.8. The topological polar surface area (TPSA) is 85.7 Å². The fraction of sp³-hybridized carbons (Fsp3) is 0.167. The number of anilines is 1. The zero-order valence-corrected chi connectivity index (χ0v) is 15.8. The molecule has 1 aromatic carbocycles. The maximum Gasteiger partial charge on any atom is 0.433 e. The minimum absolute atomic E-state index is 0.0241. The minimum atomic E-state index is -4.63. The Morgan fingerprint density at radius 1 is 1.00 bits per heavy atom. The van der Waals surface area contributed by atoms with Crippen molar-refractivity contribution in [3.63, 3.8) is 0 Å². The third-order valence-corrected chi connectivity index (χ3v) is 4.73. The number of hydrogen-bond acceptors (Lipinski definition) is 8. The van der Waals surface area contributed by atoms with Gasteiger partial charge in [0, 0.05) is 18.7 Å². The number of rotatable bonds is 6. The van der Waals surface area contributed by atoms with Gasteiger partial charge in [0.15, 0.2) is 11.5 Å². The van der Waals surface area contributed by atoms with E-state index in [2.05, 4.69) is 30.2 Å². The molecule has 0 saturated carbocycles. The molecule has 1 N–H and O–H groups in total. The van der Waals surface area contributed by atoms with Gasteiger partial charge in [0.2, 0.25) is 5.88 Å². The van der Waals surface area contributed by atoms with E-state index in [0.29, 0.717) is 35.9 Å². The van der Waals surface area contributed by atoms with Gasteiger partial charge in [0.1, 0.15) is 34.6 Å². The largest absolute Gasteiger partial charge is 0.439 e. The lowest BCUT2D eigenvalue weighted by atomic mass is 10.1. The summed E-state index contributed by atoms with van der Waals surface area (Å²) in [5.41, 5.74) is 1.57. The lowest BCUT2D eigenvalue weighted by molar-refractivity contribution is -0.141. The van der Waals surface area contributed by atoms with E-state index in [0.717, 1.165) is 17.2 Å². The fourth-order valence-corrected chi connectivity index (χ4v) is 3.23. The second kappa shape index (κ2) is 8.14. The van der Waals surface area contributed by atoms with Crippen molar-refractivity contribution in [3.8, 4) is 11.6 Å². The summed E-state index contributed by atoms with van der Waals surface area (Å²) in [6.45, 7) is 0.390. The molecule has 0 atom stereocenters. The molecule has 154 valence electrons. The number of aromatic nitrogens is 5. The molecule has 7 nitrogen and oxygen atoms in total. The van der Waals surface area contributed by atoms with Crippen molar-refractivity contribution in [1.29, 1.82) is 0 Å². The molecule has 30 heavy (non-hydrogen) atoms. The van der Waals surface area contributed by atoms with Crippen molar-refractivity contribution >= 4 is 27.5 Å². The molecule has 0 aliphatic rings. The number of thiazole rings is 1. The quantitative estimate of drug-likeness (QED) is 0.446. The summed E-state index contributed by atoms with van der Waals surface area (Å²) >= 11 is 1.39. The van der Waals surface area contributed by atoms with Crippen LogP contribution in [0.3, 0.4) is 0 Å². The smallest absolute Gasteiger partial charge is 0.433 e. The van der Waals surface area contributed by atoms with E-state index in [1.165, 1.54) is 29.8 Å². The van der Waals surface area contributed by atoms with Gasteiger partial charge in [-0.3, -0.25) is 0 Å². The number of alkyl halides is 3. The second-order valence-electron chi connectivity index (χ2n) is 6.00. The number of hydrogen-bond donors (Lipinski definition) is 1. The maximum atomic E-state index is 14.4. The van der Waals surface area contributed by atoms with Crippen LogP contribution in [-0.2, 0) is 12.6 Å². The molecule has 0 aliphatic heterocycles. The molecule has 0 radical (unpaired) electrons. The van der Waals surface area contributed by atoms with Crippen LogP contribution in [-0.4, -0.2) is 31.5 Å². The van der Waals surface area contributed by atoms with Crippen LogP contribution in [0.4, 0.5) is 23.4 Å². The summed E-state index contributed by atoms with van der Waals surface area (Å²) in [5, 5.41) is 3.10. The molecule has 3 aromatic heterocycles. The number of nitrogens with zero attached hydrogens (tertiary/aromatic N) is 5. The molecule has 0 saturated heterocycles. The average molecular weight is 436 g/mol. The first kappa shape index (κ1) is 19.9. The molecule has 4 aromatic rings. The van der Waals surface area contributed by atoms with Crippen LogP contribution in [0.2, 0.25) is 0 Å². The monoisotopic (exact) mass is 436 g/mol. The second-order valence-corrected chi connectivity index (χ2v) is 6.83. The highest BCUT2D eigenvalue weighted by Gasteiger charge is 2.33. The van der Waals surface area contributed by atoms with Gasteiger partial charge in [-0.25, -0.2) is 29.3 Å². The zero-order chi connectivity index (χ0) is 21.1. The van der Waals surface area contributed by atoms with Crippen molar-refractivity contribution in [2.45, 2.75) is 12.6 Å². The molecular weight excluding hydrogens is 424 g/mol. The summed E-state index contributed by atoms with van der Waals surface area (Å²) in [7, 11) is 0. The van der Waals surface area contributed by atoms with E-state index >= 15 is 0 Å². The van der Waals surface area contributed by atoms with Crippen molar-refractivity contribution in [2.24, 2.45) is 0 Å². The molecule has 3 heterocycles. The van der Waals surface area contributed by atoms with Gasteiger partial charge < -0.3 is 10.1 Å². The SMILES string of the molecule is Fc1cc(Oc2cc(C(F)(F)F)ncn2)ccc1CCNc1ncnc2scnc12. The molecule has 0 fully saturated rings. The predicted octanol–water partition coefficient (Wildman–Crippen LogP) is 4.48. The number of nitrogens with one attached hydrogen (secondary N) is 1. The van der Waals surface area contributed by atoms with Gasteiger partial charge >= 0.3 is 6.18 Å². The highest BCUT2D eigenvalue weighted by molar-refractivity contribution is 7.16. The van der Waals surface area contributed by atoms with E-state index < -0.39 is 17.7 Å². The van der Waals surface area contributed by atoms with E-state index in [4.69, 9.17) is 4.74 Å². The fourth-order valence-electron chi connectivity index (χ4n) is 2.60. The third-order valence-electron chi connectivity index (χ3n) is 4.00. The van der Waals surface area contributed by atoms with Crippen molar-refractivity contribution in [2.75, 3.05) is 11.9 Å². The molecule has 0 amide bonds. The Bertz CT molecular complexity index is 1180. The van der Waals surface area contributed by atoms with E-state index in [9.17, 15) is 17.6 Å². The summed E-state index contributed by atoms with van der Waals surface area (Å²) in [4.78, 5) is 20.0. The van der Waals surface area contributed by atoms with Crippen LogP contribution in [0.25, 0.3) is 10.3 Å². The van der Waals surface area contributed by atoms with Gasteiger partial charge in [-0.05, 0) is 18.1 Å². The van der Waals surface area contributed by atoms with Gasteiger partial charge in [0.25, 0.3) is 0 Å². The van der Waals surface area contributed by atoms with Gasteiger partial charge in [-0.15, -0.1) is 11.3 Å². The Hall–Kier alpha value is -3.41. The normalized spacial score (nSPS) is 11.6. The highest BCUT2D eigenvalue weighted by atomic mass is 32.1. The summed E-state index contributed by atoms with van der Waals surface area (Å²) in [6.07, 6.45) is -2.13. The van der Waals surface area contributed by atoms with Crippen LogP contribution in [0.15, 0.2) is 42.4 Å². The van der Waals surface area contributed by atoms with Crippen LogP contribution < -0.4 is 10.1 Å². The van der Waals surface area contributed by atoms with E-state index in [-0.39, 0.29) is 11.6 Å². The molecular formula is C18H12F4N6OS. The maximum absolute atomic E-state index is 14.4. The molecule has 0 unspecified atom stereocenters. The van der Waals surface area contributed by atoms with Gasteiger partial charge in [0.05, 0.1) is 5.51 Å².